The Morgan fingerprint density at radius 3 is 2.21 bits per heavy atom. The van der Waals surface area contributed by atoms with Crippen molar-refractivity contribution in [1.29, 1.82) is 0 Å². The van der Waals surface area contributed by atoms with E-state index in [0.29, 0.717) is 17.1 Å². The Balaban J connectivity index is 1.48. The molecule has 1 heterocycles. The molecular weight excluding hydrogens is 502 g/mol. The number of rotatable bonds is 11. The van der Waals surface area contributed by atoms with Gasteiger partial charge < -0.3 is 38.7 Å². The van der Waals surface area contributed by atoms with Crippen LogP contribution in [0, 0.1) is 5.92 Å². The van der Waals surface area contributed by atoms with Gasteiger partial charge in [0.1, 0.15) is 32.0 Å². The number of hydrogen-bond donors (Lipinski definition) is 3. The quantitative estimate of drug-likeness (QED) is 0.169. The Morgan fingerprint density at radius 1 is 0.868 bits per heavy atom. The van der Waals surface area contributed by atoms with Gasteiger partial charge in [0.2, 0.25) is 0 Å². The highest BCUT2D eigenvalue weighted by atomic mass is 16.6. The Labute approximate surface area is 219 Å². The zero-order valence-corrected chi connectivity index (χ0v) is 21.4. The maximum absolute atomic E-state index is 12.1. The second-order valence-corrected chi connectivity index (χ2v) is 8.66. The first-order valence-electron chi connectivity index (χ1n) is 12.4. The molecule has 0 spiro atoms. The van der Waals surface area contributed by atoms with Crippen LogP contribution in [-0.2, 0) is 14.2 Å². The minimum atomic E-state index is -0.809. The Kier molecular flexibility index (Phi) is 10.9. The van der Waals surface area contributed by atoms with Crippen LogP contribution in [0.1, 0.15) is 32.6 Å². The summed E-state index contributed by atoms with van der Waals surface area (Å²) in [5.41, 5.74) is -0.245. The zero-order chi connectivity index (χ0) is 27.3. The van der Waals surface area contributed by atoms with E-state index in [4.69, 9.17) is 23.4 Å². The van der Waals surface area contributed by atoms with Gasteiger partial charge in [-0.3, -0.25) is 5.32 Å². The van der Waals surface area contributed by atoms with E-state index in [1.165, 1.54) is 19.2 Å². The van der Waals surface area contributed by atoms with Gasteiger partial charge in [0.15, 0.2) is 18.2 Å². The molecule has 0 bridgehead atoms. The first-order chi connectivity index (χ1) is 18.3. The number of ether oxygens (including phenoxy) is 5. The fourth-order valence-electron chi connectivity index (χ4n) is 3.77. The summed E-state index contributed by atoms with van der Waals surface area (Å²) in [4.78, 5) is 46.3. The molecule has 208 valence electrons. The van der Waals surface area contributed by atoms with E-state index >= 15 is 0 Å². The molecule has 38 heavy (non-hydrogen) atoms. The predicted molar refractivity (Wildman–Crippen MR) is 134 cm³/mol. The summed E-state index contributed by atoms with van der Waals surface area (Å²) >= 11 is 0. The molecule has 1 aromatic carbocycles. The average Bonchev–Trinajstić information content (AvgIpc) is 2.90. The molecule has 0 unspecified atom stereocenters. The van der Waals surface area contributed by atoms with Gasteiger partial charge in [-0.2, -0.15) is 0 Å². The Hall–Kier alpha value is -4.16. The van der Waals surface area contributed by atoms with Crippen LogP contribution < -0.4 is 31.0 Å². The Morgan fingerprint density at radius 2 is 1.53 bits per heavy atom. The van der Waals surface area contributed by atoms with Gasteiger partial charge >= 0.3 is 23.9 Å². The molecule has 1 fully saturated rings. The van der Waals surface area contributed by atoms with E-state index in [2.05, 4.69) is 27.6 Å². The molecule has 13 nitrogen and oxygen atoms in total. The summed E-state index contributed by atoms with van der Waals surface area (Å²) in [6.07, 6.45) is 2.06. The number of fused-ring (bicyclic) bond motifs is 1. The maximum Gasteiger partial charge on any atom is 0.409 e. The van der Waals surface area contributed by atoms with E-state index in [1.807, 2.05) is 0 Å². The van der Waals surface area contributed by atoms with Crippen LogP contribution in [0.4, 0.5) is 14.4 Å². The first kappa shape index (κ1) is 28.4. The summed E-state index contributed by atoms with van der Waals surface area (Å²) in [6.45, 7) is 1.73. The number of hydrogen-bond acceptors (Lipinski definition) is 10. The molecule has 13 heteroatoms. The molecule has 1 aromatic heterocycles. The minimum absolute atomic E-state index is 0.0116. The SMILES string of the molecule is CNC(=O)OCNC(=O)OCCOc1cc2oc(=O)ccc2cc1OCCOC(=O)NC1CCC(C)CC1. The predicted octanol–water partition coefficient (Wildman–Crippen LogP) is 2.90. The molecule has 1 aliphatic carbocycles. The largest absolute Gasteiger partial charge is 0.486 e. The third-order valence-electron chi connectivity index (χ3n) is 5.80. The lowest BCUT2D eigenvalue weighted by molar-refractivity contribution is 0.103. The highest BCUT2D eigenvalue weighted by Crippen LogP contribution is 2.32. The third-order valence-corrected chi connectivity index (χ3v) is 5.80. The van der Waals surface area contributed by atoms with Gasteiger partial charge in [-0.15, -0.1) is 0 Å². The van der Waals surface area contributed by atoms with Crippen molar-refractivity contribution in [1.82, 2.24) is 16.0 Å². The van der Waals surface area contributed by atoms with Gasteiger partial charge in [0.05, 0.1) is 0 Å². The smallest absolute Gasteiger partial charge is 0.409 e. The Bertz CT molecular complexity index is 1140. The van der Waals surface area contributed by atoms with Gasteiger partial charge in [-0.1, -0.05) is 6.92 Å². The van der Waals surface area contributed by atoms with Crippen molar-refractivity contribution >= 4 is 29.2 Å². The average molecular weight is 536 g/mol. The van der Waals surface area contributed by atoms with Gasteiger partial charge in [-0.05, 0) is 43.7 Å². The summed E-state index contributed by atoms with van der Waals surface area (Å²) in [7, 11) is 1.39. The van der Waals surface area contributed by atoms with E-state index in [9.17, 15) is 19.2 Å². The fourth-order valence-corrected chi connectivity index (χ4v) is 3.77. The minimum Gasteiger partial charge on any atom is -0.486 e. The van der Waals surface area contributed by atoms with Crippen molar-refractivity contribution < 1.29 is 42.5 Å². The molecule has 0 aliphatic heterocycles. The molecule has 1 saturated carbocycles. The van der Waals surface area contributed by atoms with Gasteiger partial charge in [0.25, 0.3) is 0 Å². The summed E-state index contributed by atoms with van der Waals surface area (Å²) in [6, 6.07) is 6.11. The number of benzene rings is 1. The fraction of sp³-hybridized carbons (Fsp3) is 0.520. The van der Waals surface area contributed by atoms with E-state index in [0.717, 1.165) is 25.7 Å². The standard InChI is InChI=1S/C25H33N3O10/c1-16-3-6-18(7-4-16)28-25(32)36-12-10-33-20-13-17-5-8-22(29)38-19(17)14-21(20)34-9-11-35-24(31)27-15-37-23(30)26-2/h5,8,13-14,16,18H,3-4,6-7,9-12,15H2,1-2H3,(H,26,30)(H,27,31)(H,28,32). The van der Waals surface area contributed by atoms with Crippen molar-refractivity contribution in [3.05, 3.63) is 34.7 Å². The van der Waals surface area contributed by atoms with Crippen molar-refractivity contribution in [2.24, 2.45) is 5.92 Å². The van der Waals surface area contributed by atoms with Crippen LogP contribution in [0.25, 0.3) is 11.0 Å². The van der Waals surface area contributed by atoms with Crippen molar-refractivity contribution in [3.63, 3.8) is 0 Å². The van der Waals surface area contributed by atoms with Crippen LogP contribution in [0.2, 0.25) is 0 Å². The summed E-state index contributed by atoms with van der Waals surface area (Å²) < 4.78 is 31.5. The number of nitrogens with one attached hydrogen (secondary N) is 3. The maximum atomic E-state index is 12.1. The number of carbonyl (C=O) groups excluding carboxylic acids is 3. The lowest BCUT2D eigenvalue weighted by Gasteiger charge is -2.26. The topological polar surface area (TPSA) is 164 Å². The van der Waals surface area contributed by atoms with Crippen LogP contribution in [0.3, 0.4) is 0 Å². The monoisotopic (exact) mass is 535 g/mol. The van der Waals surface area contributed by atoms with Crippen molar-refractivity contribution in [3.8, 4) is 11.5 Å². The van der Waals surface area contributed by atoms with E-state index < -0.39 is 23.9 Å². The lowest BCUT2D eigenvalue weighted by Crippen LogP contribution is -2.38. The highest BCUT2D eigenvalue weighted by molar-refractivity contribution is 5.80. The third kappa shape index (κ3) is 9.37. The van der Waals surface area contributed by atoms with E-state index in [-0.39, 0.29) is 50.5 Å². The molecular formula is C25H33N3O10. The summed E-state index contributed by atoms with van der Waals surface area (Å²) in [5.74, 6) is 1.24. The van der Waals surface area contributed by atoms with Crippen LogP contribution in [-0.4, -0.2) is 64.5 Å². The van der Waals surface area contributed by atoms with E-state index in [1.54, 1.807) is 12.1 Å². The zero-order valence-electron chi connectivity index (χ0n) is 21.4. The van der Waals surface area contributed by atoms with Crippen molar-refractivity contribution in [2.75, 3.05) is 40.2 Å². The number of amides is 3. The molecule has 2 aromatic rings. The molecule has 1 aliphatic rings. The lowest BCUT2D eigenvalue weighted by atomic mass is 9.87. The molecule has 3 rings (SSSR count). The molecule has 0 radical (unpaired) electrons. The van der Waals surface area contributed by atoms with Gasteiger partial charge in [0, 0.05) is 30.6 Å². The van der Waals surface area contributed by atoms with Crippen LogP contribution >= 0.6 is 0 Å². The molecule has 3 N–H and O–H groups in total. The van der Waals surface area contributed by atoms with Crippen LogP contribution in [0.5, 0.6) is 11.5 Å². The highest BCUT2D eigenvalue weighted by Gasteiger charge is 2.20. The normalized spacial score (nSPS) is 16.7. The number of alkyl carbamates (subject to hydrolysis) is 3. The molecule has 0 saturated heterocycles. The summed E-state index contributed by atoms with van der Waals surface area (Å²) in [5, 5.41) is 7.96. The second-order valence-electron chi connectivity index (χ2n) is 8.66. The van der Waals surface area contributed by atoms with Crippen molar-refractivity contribution in [2.45, 2.75) is 38.6 Å². The molecule has 0 atom stereocenters. The first-order valence-corrected chi connectivity index (χ1v) is 12.4. The number of carbonyl (C=O) groups is 3. The second kappa shape index (κ2) is 14.5. The van der Waals surface area contributed by atoms with Gasteiger partial charge in [-0.25, -0.2) is 19.2 Å². The molecule has 3 amide bonds. The van der Waals surface area contributed by atoms with Crippen LogP contribution in [0.15, 0.2) is 33.5 Å².